The SMILES string of the molecule is Cc1cccc(OCC(=O)N=Nc2c(O)n(Cc3ccccc3)c3ccc(Br)cc23)c1. The van der Waals surface area contributed by atoms with Crippen molar-refractivity contribution in [3.63, 3.8) is 0 Å². The first kappa shape index (κ1) is 20.8. The minimum absolute atomic E-state index is 0.0481. The lowest BCUT2D eigenvalue weighted by atomic mass is 10.2. The van der Waals surface area contributed by atoms with E-state index in [1.807, 2.05) is 73.7 Å². The largest absolute Gasteiger partial charge is 0.493 e. The van der Waals surface area contributed by atoms with E-state index in [-0.39, 0.29) is 18.2 Å². The molecule has 0 saturated heterocycles. The number of carbonyl (C=O) groups is 1. The number of hydrogen-bond donors (Lipinski definition) is 1. The summed E-state index contributed by atoms with van der Waals surface area (Å²) in [5.41, 5.74) is 3.11. The minimum Gasteiger partial charge on any atom is -0.493 e. The molecule has 7 heteroatoms. The summed E-state index contributed by atoms with van der Waals surface area (Å²) >= 11 is 3.45. The summed E-state index contributed by atoms with van der Waals surface area (Å²) in [5.74, 6) is 0.00256. The number of fused-ring (bicyclic) bond motifs is 1. The van der Waals surface area contributed by atoms with E-state index in [1.165, 1.54) is 0 Å². The van der Waals surface area contributed by atoms with Gasteiger partial charge in [0.1, 0.15) is 5.75 Å². The van der Waals surface area contributed by atoms with Crippen LogP contribution in [0.25, 0.3) is 10.9 Å². The number of amides is 1. The second-order valence-corrected chi connectivity index (χ2v) is 8.02. The van der Waals surface area contributed by atoms with Gasteiger partial charge >= 0.3 is 5.91 Å². The van der Waals surface area contributed by atoms with Crippen molar-refractivity contribution in [2.45, 2.75) is 13.5 Å². The maximum atomic E-state index is 12.2. The number of azo groups is 1. The molecule has 6 nitrogen and oxygen atoms in total. The maximum Gasteiger partial charge on any atom is 0.302 e. The van der Waals surface area contributed by atoms with Gasteiger partial charge in [-0.05, 0) is 48.4 Å². The third kappa shape index (κ3) is 4.83. The van der Waals surface area contributed by atoms with E-state index in [2.05, 4.69) is 26.2 Å². The molecule has 0 saturated carbocycles. The first-order valence-electron chi connectivity index (χ1n) is 9.70. The Labute approximate surface area is 187 Å². The summed E-state index contributed by atoms with van der Waals surface area (Å²) in [4.78, 5) is 12.2. The molecule has 1 N–H and O–H groups in total. The van der Waals surface area contributed by atoms with Crippen LogP contribution in [-0.4, -0.2) is 22.2 Å². The number of aryl methyl sites for hydroxylation is 1. The Morgan fingerprint density at radius 1 is 1.06 bits per heavy atom. The van der Waals surface area contributed by atoms with Gasteiger partial charge in [0.2, 0.25) is 5.88 Å². The Hall–Kier alpha value is -3.45. The molecular weight excluding hydrogens is 458 g/mol. The van der Waals surface area contributed by atoms with Gasteiger partial charge in [-0.2, -0.15) is 0 Å². The Kier molecular flexibility index (Phi) is 6.13. The molecule has 1 aromatic heterocycles. The molecule has 3 aromatic carbocycles. The number of rotatable bonds is 6. The molecule has 0 radical (unpaired) electrons. The molecule has 0 aliphatic carbocycles. The first-order chi connectivity index (χ1) is 15.0. The highest BCUT2D eigenvalue weighted by molar-refractivity contribution is 9.10. The van der Waals surface area contributed by atoms with Crippen LogP contribution in [-0.2, 0) is 11.3 Å². The molecule has 4 rings (SSSR count). The molecule has 0 bridgehead atoms. The van der Waals surface area contributed by atoms with Crippen LogP contribution in [0.4, 0.5) is 5.69 Å². The summed E-state index contributed by atoms with van der Waals surface area (Å²) in [6.07, 6.45) is 0. The zero-order valence-electron chi connectivity index (χ0n) is 16.8. The number of carbonyl (C=O) groups excluding carboxylic acids is 1. The number of aromatic hydroxyl groups is 1. The van der Waals surface area contributed by atoms with Crippen molar-refractivity contribution in [3.8, 4) is 11.6 Å². The summed E-state index contributed by atoms with van der Waals surface area (Å²) < 4.78 is 8.06. The van der Waals surface area contributed by atoms with Crippen LogP contribution in [0.2, 0.25) is 0 Å². The molecular formula is C24H20BrN3O3. The Bertz CT molecular complexity index is 1270. The highest BCUT2D eigenvalue weighted by Crippen LogP contribution is 2.40. The predicted molar refractivity (Wildman–Crippen MR) is 123 cm³/mol. The van der Waals surface area contributed by atoms with Gasteiger partial charge in [0, 0.05) is 9.86 Å². The Morgan fingerprint density at radius 2 is 1.87 bits per heavy atom. The van der Waals surface area contributed by atoms with Crippen molar-refractivity contribution < 1.29 is 14.6 Å². The monoisotopic (exact) mass is 477 g/mol. The molecule has 4 aromatic rings. The summed E-state index contributed by atoms with van der Waals surface area (Å²) in [5, 5.41) is 19.4. The Balaban J connectivity index is 1.60. The molecule has 1 heterocycles. The highest BCUT2D eigenvalue weighted by Gasteiger charge is 2.18. The van der Waals surface area contributed by atoms with Gasteiger partial charge in [0.25, 0.3) is 0 Å². The molecule has 0 atom stereocenters. The fraction of sp³-hybridized carbons (Fsp3) is 0.125. The number of halogens is 1. The van der Waals surface area contributed by atoms with Gasteiger partial charge in [0.05, 0.1) is 12.1 Å². The number of aromatic nitrogens is 1. The topological polar surface area (TPSA) is 76.2 Å². The van der Waals surface area contributed by atoms with Crippen LogP contribution in [0, 0.1) is 6.92 Å². The van der Waals surface area contributed by atoms with Crippen LogP contribution in [0.3, 0.4) is 0 Å². The van der Waals surface area contributed by atoms with Gasteiger partial charge in [-0.1, -0.05) is 58.4 Å². The van der Waals surface area contributed by atoms with Gasteiger partial charge in [-0.3, -0.25) is 4.79 Å². The van der Waals surface area contributed by atoms with Crippen LogP contribution < -0.4 is 4.74 Å². The summed E-state index contributed by atoms with van der Waals surface area (Å²) in [6.45, 7) is 2.17. The number of benzene rings is 3. The van der Waals surface area contributed by atoms with Crippen molar-refractivity contribution in [1.82, 2.24) is 4.57 Å². The maximum absolute atomic E-state index is 12.2. The van der Waals surface area contributed by atoms with E-state index in [0.29, 0.717) is 17.7 Å². The lowest BCUT2D eigenvalue weighted by Gasteiger charge is -2.07. The molecule has 0 aliphatic heterocycles. The third-order valence-corrected chi connectivity index (χ3v) is 5.26. The fourth-order valence-electron chi connectivity index (χ4n) is 3.31. The van der Waals surface area contributed by atoms with E-state index in [9.17, 15) is 9.90 Å². The van der Waals surface area contributed by atoms with E-state index >= 15 is 0 Å². The smallest absolute Gasteiger partial charge is 0.302 e. The van der Waals surface area contributed by atoms with E-state index in [1.54, 1.807) is 10.6 Å². The lowest BCUT2D eigenvalue weighted by Crippen LogP contribution is -2.07. The van der Waals surface area contributed by atoms with Crippen molar-refractivity contribution >= 4 is 38.4 Å². The van der Waals surface area contributed by atoms with Crippen molar-refractivity contribution in [2.75, 3.05) is 6.61 Å². The standard InChI is InChI=1S/C24H20BrN3O3/c1-16-6-5-9-19(12-16)31-15-22(29)26-27-23-20-13-18(25)10-11-21(20)28(24(23)30)14-17-7-3-2-4-8-17/h2-13,30H,14-15H2,1H3. The van der Waals surface area contributed by atoms with Crippen molar-refractivity contribution in [1.29, 1.82) is 0 Å². The van der Waals surface area contributed by atoms with Crippen LogP contribution >= 0.6 is 15.9 Å². The number of nitrogens with zero attached hydrogens (tertiary/aromatic N) is 3. The predicted octanol–water partition coefficient (Wildman–Crippen LogP) is 6.16. The van der Waals surface area contributed by atoms with E-state index in [0.717, 1.165) is 21.1 Å². The normalized spacial score (nSPS) is 11.3. The second-order valence-electron chi connectivity index (χ2n) is 7.10. The quantitative estimate of drug-likeness (QED) is 0.338. The highest BCUT2D eigenvalue weighted by atomic mass is 79.9. The molecule has 156 valence electrons. The van der Waals surface area contributed by atoms with Crippen molar-refractivity contribution in [3.05, 3.63) is 88.4 Å². The summed E-state index contributed by atoms with van der Waals surface area (Å²) in [7, 11) is 0. The van der Waals surface area contributed by atoms with Gasteiger partial charge < -0.3 is 14.4 Å². The molecule has 0 spiro atoms. The van der Waals surface area contributed by atoms with E-state index in [4.69, 9.17) is 4.74 Å². The molecule has 0 unspecified atom stereocenters. The van der Waals surface area contributed by atoms with Gasteiger partial charge in [-0.15, -0.1) is 10.2 Å². The van der Waals surface area contributed by atoms with Crippen LogP contribution in [0.15, 0.2) is 87.5 Å². The second kappa shape index (κ2) is 9.14. The van der Waals surface area contributed by atoms with Crippen LogP contribution in [0.5, 0.6) is 11.6 Å². The molecule has 31 heavy (non-hydrogen) atoms. The number of ether oxygens (including phenoxy) is 1. The van der Waals surface area contributed by atoms with Crippen molar-refractivity contribution in [2.24, 2.45) is 10.2 Å². The fourth-order valence-corrected chi connectivity index (χ4v) is 3.67. The lowest BCUT2D eigenvalue weighted by molar-refractivity contribution is -0.120. The average molecular weight is 478 g/mol. The first-order valence-corrected chi connectivity index (χ1v) is 10.5. The van der Waals surface area contributed by atoms with Crippen LogP contribution in [0.1, 0.15) is 11.1 Å². The summed E-state index contributed by atoms with van der Waals surface area (Å²) in [6, 6.07) is 22.8. The minimum atomic E-state index is -0.542. The number of hydrogen-bond acceptors (Lipinski definition) is 4. The molecule has 1 amide bonds. The molecule has 0 fully saturated rings. The van der Waals surface area contributed by atoms with E-state index < -0.39 is 5.91 Å². The Morgan fingerprint density at radius 3 is 2.65 bits per heavy atom. The van der Waals surface area contributed by atoms with Gasteiger partial charge in [-0.25, -0.2) is 0 Å². The average Bonchev–Trinajstić information content (AvgIpc) is 3.02. The third-order valence-electron chi connectivity index (χ3n) is 4.77. The van der Waals surface area contributed by atoms with Gasteiger partial charge in [0.15, 0.2) is 12.3 Å². The molecule has 0 aliphatic rings. The zero-order chi connectivity index (χ0) is 21.8. The zero-order valence-corrected chi connectivity index (χ0v) is 18.4.